The first-order valence-electron chi connectivity index (χ1n) is 6.00. The molecule has 4 N–H and O–H groups in total. The summed E-state index contributed by atoms with van der Waals surface area (Å²) < 4.78 is 0. The molecule has 0 radical (unpaired) electrons. The molecule has 0 aromatic heterocycles. The number of halogens is 1. The Morgan fingerprint density at radius 1 is 1.43 bits per heavy atom. The topological polar surface area (TPSA) is 109 Å². The van der Waals surface area contributed by atoms with Crippen LogP contribution in [0.1, 0.15) is 23.2 Å². The van der Waals surface area contributed by atoms with Crippen molar-refractivity contribution in [3.05, 3.63) is 28.8 Å². The molecule has 8 heteroatoms. The van der Waals surface area contributed by atoms with E-state index in [0.717, 1.165) is 4.90 Å². The van der Waals surface area contributed by atoms with E-state index >= 15 is 0 Å². The van der Waals surface area contributed by atoms with Crippen molar-refractivity contribution in [1.82, 2.24) is 5.32 Å². The highest BCUT2D eigenvalue weighted by molar-refractivity contribution is 7.98. The zero-order valence-electron chi connectivity index (χ0n) is 11.3. The van der Waals surface area contributed by atoms with E-state index in [0.29, 0.717) is 0 Å². The molecular weight excluding hydrogens is 316 g/mol. The van der Waals surface area contributed by atoms with E-state index < -0.39 is 23.8 Å². The molecule has 0 bridgehead atoms. The maximum atomic E-state index is 12.1. The smallest absolute Gasteiger partial charge is 0.326 e. The number of carbonyl (C=O) groups excluding carboxylic acids is 2. The van der Waals surface area contributed by atoms with E-state index in [4.69, 9.17) is 22.4 Å². The molecule has 0 aliphatic carbocycles. The number of carboxylic acid groups (broad SMARTS) is 1. The van der Waals surface area contributed by atoms with Crippen molar-refractivity contribution in [3.63, 3.8) is 0 Å². The van der Waals surface area contributed by atoms with Gasteiger partial charge >= 0.3 is 5.97 Å². The van der Waals surface area contributed by atoms with Crippen molar-refractivity contribution in [3.8, 4) is 0 Å². The lowest BCUT2D eigenvalue weighted by Gasteiger charge is -2.14. The zero-order chi connectivity index (χ0) is 16.0. The molecule has 0 heterocycles. The number of hydrogen-bond donors (Lipinski definition) is 3. The van der Waals surface area contributed by atoms with Crippen LogP contribution >= 0.6 is 23.4 Å². The van der Waals surface area contributed by atoms with Crippen LogP contribution in [-0.2, 0) is 9.59 Å². The standard InChI is InChI=1S/C13H15ClN2O4S/c1-21-7-2-3-9(14)8(6-7)12(18)16-10(13(19)20)4-5-11(15)17/h2-3,6,10H,4-5H2,1H3,(H2,15,17)(H,16,18)(H,19,20). The van der Waals surface area contributed by atoms with Gasteiger partial charge in [0.25, 0.3) is 5.91 Å². The van der Waals surface area contributed by atoms with Gasteiger partial charge in [-0.05, 0) is 30.9 Å². The van der Waals surface area contributed by atoms with Gasteiger partial charge in [0, 0.05) is 11.3 Å². The molecule has 1 aromatic rings. The second-order valence-electron chi connectivity index (χ2n) is 4.22. The molecule has 1 atom stereocenters. The van der Waals surface area contributed by atoms with Gasteiger partial charge in [0.15, 0.2) is 0 Å². The number of benzene rings is 1. The van der Waals surface area contributed by atoms with Gasteiger partial charge in [-0.1, -0.05) is 11.6 Å². The third-order valence-electron chi connectivity index (χ3n) is 2.70. The zero-order valence-corrected chi connectivity index (χ0v) is 12.8. The fourth-order valence-corrected chi connectivity index (χ4v) is 2.23. The average Bonchev–Trinajstić information content (AvgIpc) is 2.43. The summed E-state index contributed by atoms with van der Waals surface area (Å²) in [6.07, 6.45) is 1.64. The van der Waals surface area contributed by atoms with Gasteiger partial charge in [-0.3, -0.25) is 9.59 Å². The van der Waals surface area contributed by atoms with Crippen molar-refractivity contribution in [2.75, 3.05) is 6.26 Å². The third-order valence-corrected chi connectivity index (χ3v) is 3.76. The summed E-state index contributed by atoms with van der Waals surface area (Å²) in [5.41, 5.74) is 5.17. The van der Waals surface area contributed by atoms with Crippen LogP contribution in [0.3, 0.4) is 0 Å². The van der Waals surface area contributed by atoms with Crippen molar-refractivity contribution in [2.45, 2.75) is 23.8 Å². The Balaban J connectivity index is 2.86. The first-order valence-corrected chi connectivity index (χ1v) is 7.61. The van der Waals surface area contributed by atoms with Crippen LogP contribution in [0.5, 0.6) is 0 Å². The molecule has 0 spiro atoms. The van der Waals surface area contributed by atoms with Crippen LogP contribution in [-0.4, -0.2) is 35.2 Å². The van der Waals surface area contributed by atoms with E-state index in [2.05, 4.69) is 5.32 Å². The Hall–Kier alpha value is -1.73. The number of thioether (sulfide) groups is 1. The fourth-order valence-electron chi connectivity index (χ4n) is 1.59. The number of aliphatic carboxylic acids is 1. The molecular formula is C13H15ClN2O4S. The second-order valence-corrected chi connectivity index (χ2v) is 5.50. The highest BCUT2D eigenvalue weighted by Crippen LogP contribution is 2.23. The quantitative estimate of drug-likeness (QED) is 0.656. The average molecular weight is 331 g/mol. The minimum atomic E-state index is -1.23. The van der Waals surface area contributed by atoms with Crippen molar-refractivity contribution in [2.24, 2.45) is 5.73 Å². The molecule has 0 aliphatic rings. The van der Waals surface area contributed by atoms with Gasteiger partial charge in [0.05, 0.1) is 10.6 Å². The monoisotopic (exact) mass is 330 g/mol. The Morgan fingerprint density at radius 2 is 2.10 bits per heavy atom. The third kappa shape index (κ3) is 5.28. The van der Waals surface area contributed by atoms with Gasteiger partial charge in [0.2, 0.25) is 5.91 Å². The van der Waals surface area contributed by atoms with Gasteiger partial charge in [-0.25, -0.2) is 4.79 Å². The number of amides is 2. The molecule has 1 aromatic carbocycles. The van der Waals surface area contributed by atoms with Crippen molar-refractivity contribution in [1.29, 1.82) is 0 Å². The first-order chi connectivity index (χ1) is 9.85. The molecule has 2 amide bonds. The molecule has 0 aliphatic heterocycles. The van der Waals surface area contributed by atoms with Gasteiger partial charge in [0.1, 0.15) is 6.04 Å². The highest BCUT2D eigenvalue weighted by Gasteiger charge is 2.22. The summed E-state index contributed by atoms with van der Waals surface area (Å²) in [6, 6.07) is 3.71. The lowest BCUT2D eigenvalue weighted by atomic mass is 10.1. The molecule has 0 saturated heterocycles. The van der Waals surface area contributed by atoms with Crippen molar-refractivity contribution < 1.29 is 19.5 Å². The Labute approximate surface area is 131 Å². The van der Waals surface area contributed by atoms with Gasteiger partial charge in [-0.2, -0.15) is 0 Å². The first kappa shape index (κ1) is 17.3. The molecule has 0 saturated carbocycles. The Bertz CT molecular complexity index is 565. The summed E-state index contributed by atoms with van der Waals surface area (Å²) in [5, 5.41) is 11.6. The lowest BCUT2D eigenvalue weighted by Crippen LogP contribution is -2.41. The Morgan fingerprint density at radius 3 is 2.62 bits per heavy atom. The van der Waals surface area contributed by atoms with Crippen LogP contribution in [0.4, 0.5) is 0 Å². The summed E-state index contributed by atoms with van der Waals surface area (Å²) >= 11 is 7.38. The van der Waals surface area contributed by atoms with E-state index in [1.165, 1.54) is 11.8 Å². The van der Waals surface area contributed by atoms with E-state index in [-0.39, 0.29) is 23.4 Å². The number of carbonyl (C=O) groups is 3. The van der Waals surface area contributed by atoms with Crippen LogP contribution in [0.2, 0.25) is 5.02 Å². The fraction of sp³-hybridized carbons (Fsp3) is 0.308. The SMILES string of the molecule is CSc1ccc(Cl)c(C(=O)NC(CCC(N)=O)C(=O)O)c1. The van der Waals surface area contributed by atoms with E-state index in [1.807, 2.05) is 6.26 Å². The summed E-state index contributed by atoms with van der Waals surface area (Å²) in [6.45, 7) is 0. The van der Waals surface area contributed by atoms with Crippen LogP contribution in [0, 0.1) is 0 Å². The normalized spacial score (nSPS) is 11.7. The summed E-state index contributed by atoms with van der Waals surface area (Å²) in [4.78, 5) is 34.7. The highest BCUT2D eigenvalue weighted by atomic mass is 35.5. The minimum absolute atomic E-state index is 0.0732. The predicted molar refractivity (Wildman–Crippen MR) is 80.6 cm³/mol. The largest absolute Gasteiger partial charge is 0.480 e. The maximum absolute atomic E-state index is 12.1. The molecule has 1 unspecified atom stereocenters. The molecule has 114 valence electrons. The summed E-state index contributed by atoms with van der Waals surface area (Å²) in [5.74, 6) is -2.47. The minimum Gasteiger partial charge on any atom is -0.480 e. The Kier molecular flexibility index (Phi) is 6.51. The van der Waals surface area contributed by atoms with E-state index in [9.17, 15) is 14.4 Å². The maximum Gasteiger partial charge on any atom is 0.326 e. The molecule has 6 nitrogen and oxygen atoms in total. The van der Waals surface area contributed by atoms with Crippen LogP contribution < -0.4 is 11.1 Å². The number of primary amides is 1. The summed E-state index contributed by atoms with van der Waals surface area (Å²) in [7, 11) is 0. The predicted octanol–water partition coefficient (Wildman–Crippen LogP) is 1.51. The number of nitrogens with two attached hydrogens (primary N) is 1. The lowest BCUT2D eigenvalue weighted by molar-refractivity contribution is -0.139. The van der Waals surface area contributed by atoms with E-state index in [1.54, 1.807) is 18.2 Å². The number of nitrogens with one attached hydrogen (secondary N) is 1. The van der Waals surface area contributed by atoms with Gasteiger partial charge < -0.3 is 16.2 Å². The molecule has 1 rings (SSSR count). The number of hydrogen-bond acceptors (Lipinski definition) is 4. The van der Waals surface area contributed by atoms with Crippen LogP contribution in [0.25, 0.3) is 0 Å². The van der Waals surface area contributed by atoms with Crippen LogP contribution in [0.15, 0.2) is 23.1 Å². The molecule has 0 fully saturated rings. The second kappa shape index (κ2) is 7.90. The van der Waals surface area contributed by atoms with Gasteiger partial charge in [-0.15, -0.1) is 11.8 Å². The number of carboxylic acids is 1. The number of rotatable bonds is 7. The molecule has 21 heavy (non-hydrogen) atoms. The van der Waals surface area contributed by atoms with Crippen molar-refractivity contribution >= 4 is 41.1 Å².